The highest BCUT2D eigenvalue weighted by Gasteiger charge is 2.27. The number of ether oxygens (including phenoxy) is 1. The first-order valence-corrected chi connectivity index (χ1v) is 6.97. The van der Waals surface area contributed by atoms with E-state index in [0.29, 0.717) is 18.8 Å². The summed E-state index contributed by atoms with van der Waals surface area (Å²) in [5.74, 6) is -0.315. The Balaban J connectivity index is 2.24. The van der Waals surface area contributed by atoms with Crippen molar-refractivity contribution in [2.45, 2.75) is 32.4 Å². The van der Waals surface area contributed by atoms with Gasteiger partial charge in [0.05, 0.1) is 17.1 Å². The lowest BCUT2D eigenvalue weighted by molar-refractivity contribution is -0.384. The lowest BCUT2D eigenvalue weighted by atomic mass is 10.1. The van der Waals surface area contributed by atoms with Crippen molar-refractivity contribution >= 4 is 17.3 Å². The molecule has 1 aromatic carbocycles. The Morgan fingerprint density at radius 3 is 2.86 bits per heavy atom. The zero-order chi connectivity index (χ0) is 15.4. The first kappa shape index (κ1) is 15.2. The van der Waals surface area contributed by atoms with Crippen molar-refractivity contribution in [2.24, 2.45) is 0 Å². The first-order valence-electron chi connectivity index (χ1n) is 6.97. The molecule has 0 aliphatic carbocycles. The first-order chi connectivity index (χ1) is 10.0. The number of hydrogen-bond donors (Lipinski definition) is 2. The number of rotatable bonds is 5. The molecule has 1 heterocycles. The number of carbonyl (C=O) groups excluding carboxylic acids is 1. The van der Waals surface area contributed by atoms with Gasteiger partial charge in [-0.05, 0) is 32.4 Å². The molecular formula is C14H19N3O4. The quantitative estimate of drug-likeness (QED) is 0.639. The number of amides is 1. The number of carbonyl (C=O) groups is 1. The van der Waals surface area contributed by atoms with Gasteiger partial charge in [0.2, 0.25) is 0 Å². The smallest absolute Gasteiger partial charge is 0.293 e. The molecule has 2 unspecified atom stereocenters. The maximum absolute atomic E-state index is 11.8. The summed E-state index contributed by atoms with van der Waals surface area (Å²) < 4.78 is 5.44. The van der Waals surface area contributed by atoms with Gasteiger partial charge in [-0.15, -0.1) is 0 Å². The zero-order valence-corrected chi connectivity index (χ0v) is 12.1. The molecule has 7 nitrogen and oxygen atoms in total. The third-order valence-corrected chi connectivity index (χ3v) is 3.51. The van der Waals surface area contributed by atoms with Crippen molar-refractivity contribution in [1.29, 1.82) is 0 Å². The van der Waals surface area contributed by atoms with E-state index in [1.165, 1.54) is 6.07 Å². The molecule has 1 amide bonds. The van der Waals surface area contributed by atoms with Crippen LogP contribution >= 0.6 is 0 Å². The molecule has 1 aromatic rings. The van der Waals surface area contributed by atoms with E-state index >= 15 is 0 Å². The summed E-state index contributed by atoms with van der Waals surface area (Å²) in [6, 6.07) is 4.50. The summed E-state index contributed by atoms with van der Waals surface area (Å²) in [5.41, 5.74) is 0.595. The lowest BCUT2D eigenvalue weighted by Crippen LogP contribution is -2.27. The second-order valence-corrected chi connectivity index (χ2v) is 4.96. The van der Waals surface area contributed by atoms with E-state index in [0.717, 1.165) is 6.42 Å². The molecule has 0 radical (unpaired) electrons. The highest BCUT2D eigenvalue weighted by Crippen LogP contribution is 2.28. The Bertz CT molecular complexity index is 547. The van der Waals surface area contributed by atoms with E-state index in [1.807, 2.05) is 6.92 Å². The zero-order valence-electron chi connectivity index (χ0n) is 12.1. The fourth-order valence-electron chi connectivity index (χ4n) is 2.33. The van der Waals surface area contributed by atoms with Crippen LogP contribution in [0.1, 0.15) is 30.6 Å². The second kappa shape index (κ2) is 6.53. The SMILES string of the molecule is CCNC(=O)c1ccc(NC2CCOC2C)c([N+](=O)[O-])c1. The molecule has 2 N–H and O–H groups in total. The molecule has 0 bridgehead atoms. The monoisotopic (exact) mass is 293 g/mol. The van der Waals surface area contributed by atoms with E-state index in [1.54, 1.807) is 19.1 Å². The Kier molecular flexibility index (Phi) is 4.74. The highest BCUT2D eigenvalue weighted by molar-refractivity contribution is 5.95. The van der Waals surface area contributed by atoms with Crippen LogP contribution in [0.5, 0.6) is 0 Å². The van der Waals surface area contributed by atoms with Gasteiger partial charge in [-0.3, -0.25) is 14.9 Å². The van der Waals surface area contributed by atoms with Gasteiger partial charge in [0.25, 0.3) is 11.6 Å². The maximum atomic E-state index is 11.8. The van der Waals surface area contributed by atoms with Crippen molar-refractivity contribution in [3.63, 3.8) is 0 Å². The van der Waals surface area contributed by atoms with Crippen molar-refractivity contribution in [3.05, 3.63) is 33.9 Å². The molecule has 1 saturated heterocycles. The number of nitro groups is 1. The number of nitrogens with one attached hydrogen (secondary N) is 2. The molecule has 1 fully saturated rings. The van der Waals surface area contributed by atoms with E-state index < -0.39 is 4.92 Å². The molecule has 7 heteroatoms. The van der Waals surface area contributed by atoms with Crippen molar-refractivity contribution in [1.82, 2.24) is 5.32 Å². The van der Waals surface area contributed by atoms with Crippen LogP contribution in [0.3, 0.4) is 0 Å². The minimum Gasteiger partial charge on any atom is -0.376 e. The molecule has 0 spiro atoms. The molecular weight excluding hydrogens is 274 g/mol. The normalized spacial score (nSPS) is 21.0. The van der Waals surface area contributed by atoms with Gasteiger partial charge >= 0.3 is 0 Å². The van der Waals surface area contributed by atoms with Gasteiger partial charge < -0.3 is 15.4 Å². The predicted octanol–water partition coefficient (Wildman–Crippen LogP) is 1.93. The average molecular weight is 293 g/mol. The third-order valence-electron chi connectivity index (χ3n) is 3.51. The minimum atomic E-state index is -0.481. The van der Waals surface area contributed by atoms with E-state index in [2.05, 4.69) is 10.6 Å². The summed E-state index contributed by atoms with van der Waals surface area (Å²) in [7, 11) is 0. The molecule has 21 heavy (non-hydrogen) atoms. The third kappa shape index (κ3) is 3.49. The van der Waals surface area contributed by atoms with Gasteiger partial charge in [0.15, 0.2) is 0 Å². The van der Waals surface area contributed by atoms with Gasteiger partial charge in [-0.2, -0.15) is 0 Å². The molecule has 0 aromatic heterocycles. The topological polar surface area (TPSA) is 93.5 Å². The van der Waals surface area contributed by atoms with Crippen LogP contribution in [0.15, 0.2) is 18.2 Å². The fraction of sp³-hybridized carbons (Fsp3) is 0.500. The molecule has 114 valence electrons. The number of benzene rings is 1. The molecule has 2 rings (SSSR count). The molecule has 1 aliphatic heterocycles. The molecule has 1 aliphatic rings. The standard InChI is InChI=1S/C14H19N3O4/c1-3-15-14(18)10-4-5-12(13(8-10)17(19)20)16-11-6-7-21-9(11)2/h4-5,8-9,11,16H,3,6-7H2,1-2H3,(H,15,18). The van der Waals surface area contributed by atoms with Crippen LogP contribution in [0, 0.1) is 10.1 Å². The average Bonchev–Trinajstić information content (AvgIpc) is 2.84. The number of anilines is 1. The summed E-state index contributed by atoms with van der Waals surface area (Å²) in [4.78, 5) is 22.5. The summed E-state index contributed by atoms with van der Waals surface area (Å²) in [5, 5.41) is 17.0. The predicted molar refractivity (Wildman–Crippen MR) is 78.5 cm³/mol. The highest BCUT2D eigenvalue weighted by atomic mass is 16.6. The van der Waals surface area contributed by atoms with Gasteiger partial charge in [0.1, 0.15) is 5.69 Å². The van der Waals surface area contributed by atoms with Crippen LogP contribution in [0.25, 0.3) is 0 Å². The van der Waals surface area contributed by atoms with Gasteiger partial charge in [0, 0.05) is 24.8 Å². The summed E-state index contributed by atoms with van der Waals surface area (Å²) in [6.45, 7) is 4.84. The summed E-state index contributed by atoms with van der Waals surface area (Å²) in [6.07, 6.45) is 0.809. The van der Waals surface area contributed by atoms with Crippen molar-refractivity contribution in [2.75, 3.05) is 18.5 Å². The van der Waals surface area contributed by atoms with Crippen LogP contribution in [0.4, 0.5) is 11.4 Å². The van der Waals surface area contributed by atoms with E-state index in [4.69, 9.17) is 4.74 Å². The van der Waals surface area contributed by atoms with Crippen LogP contribution in [-0.4, -0.2) is 36.1 Å². The van der Waals surface area contributed by atoms with Crippen LogP contribution < -0.4 is 10.6 Å². The van der Waals surface area contributed by atoms with E-state index in [9.17, 15) is 14.9 Å². The Morgan fingerprint density at radius 1 is 1.52 bits per heavy atom. The van der Waals surface area contributed by atoms with Crippen molar-refractivity contribution < 1.29 is 14.5 Å². The molecule has 2 atom stereocenters. The Hall–Kier alpha value is -2.15. The van der Waals surface area contributed by atoms with Crippen molar-refractivity contribution in [3.8, 4) is 0 Å². The lowest BCUT2D eigenvalue weighted by Gasteiger charge is -2.17. The minimum absolute atomic E-state index is 0.00710. The van der Waals surface area contributed by atoms with Crippen LogP contribution in [-0.2, 0) is 4.74 Å². The van der Waals surface area contributed by atoms with E-state index in [-0.39, 0.29) is 29.3 Å². The number of nitrogens with zero attached hydrogens (tertiary/aromatic N) is 1. The fourth-order valence-corrected chi connectivity index (χ4v) is 2.33. The van der Waals surface area contributed by atoms with Gasteiger partial charge in [-0.1, -0.05) is 0 Å². The summed E-state index contributed by atoms with van der Waals surface area (Å²) >= 11 is 0. The Labute approximate surface area is 122 Å². The Morgan fingerprint density at radius 2 is 2.29 bits per heavy atom. The van der Waals surface area contributed by atoms with Crippen LogP contribution in [0.2, 0.25) is 0 Å². The number of hydrogen-bond acceptors (Lipinski definition) is 5. The number of nitro benzene ring substituents is 1. The second-order valence-electron chi connectivity index (χ2n) is 4.96. The maximum Gasteiger partial charge on any atom is 0.293 e. The largest absolute Gasteiger partial charge is 0.376 e. The molecule has 0 saturated carbocycles. The van der Waals surface area contributed by atoms with Gasteiger partial charge in [-0.25, -0.2) is 0 Å².